The van der Waals surface area contributed by atoms with Crippen LogP contribution in [0.4, 0.5) is 34.6 Å². The Bertz CT molecular complexity index is 2830. The molecule has 4 aromatic carbocycles. The molecule has 5 aromatic rings. The Morgan fingerprint density at radius 3 is 2.20 bits per heavy atom. The number of sulfone groups is 1. The van der Waals surface area contributed by atoms with Gasteiger partial charge in [0.05, 0.1) is 24.4 Å². The molecular weight excluding hydrogens is 846 g/mol. The van der Waals surface area contributed by atoms with Crippen LogP contribution in [0, 0.1) is 0 Å². The predicted octanol–water partition coefficient (Wildman–Crippen LogP) is 4.80. The molecule has 56 heavy (non-hydrogen) atoms. The normalized spacial score (nSPS) is 12.6. The first-order valence-corrected chi connectivity index (χ1v) is 21.6. The van der Waals surface area contributed by atoms with E-state index in [4.69, 9.17) is 20.9 Å². The minimum Gasteiger partial charge on any atom is -0.505 e. The highest BCUT2D eigenvalue weighted by Crippen LogP contribution is 2.43. The summed E-state index contributed by atoms with van der Waals surface area (Å²) in [6, 6.07) is 13.9. The van der Waals surface area contributed by atoms with E-state index in [1.807, 2.05) is 0 Å². The van der Waals surface area contributed by atoms with Crippen LogP contribution in [0.25, 0.3) is 10.8 Å². The Kier molecular flexibility index (Phi) is 12.1. The molecule has 0 saturated carbocycles. The van der Waals surface area contributed by atoms with E-state index in [1.54, 1.807) is 13.0 Å². The van der Waals surface area contributed by atoms with Crippen LogP contribution in [0.5, 0.6) is 11.5 Å². The van der Waals surface area contributed by atoms with Crippen LogP contribution in [0.15, 0.2) is 91.6 Å². The number of phenolic OH excluding ortho intramolecular Hbond substituents is 1. The number of halogens is 1. The van der Waals surface area contributed by atoms with Crippen molar-refractivity contribution in [1.82, 2.24) is 15.0 Å². The van der Waals surface area contributed by atoms with Gasteiger partial charge in [-0.1, -0.05) is 6.07 Å². The lowest BCUT2D eigenvalue weighted by Gasteiger charge is -2.22. The van der Waals surface area contributed by atoms with Gasteiger partial charge in [0.1, 0.15) is 26.9 Å². The Balaban J connectivity index is 1.48. The molecule has 0 amide bonds. The largest absolute Gasteiger partial charge is 0.505 e. The lowest BCUT2D eigenvalue weighted by atomic mass is 10.1. The van der Waals surface area contributed by atoms with Crippen molar-refractivity contribution in [2.45, 2.75) is 21.6 Å². The zero-order valence-electron chi connectivity index (χ0n) is 28.5. The molecule has 0 unspecified atom stereocenters. The van der Waals surface area contributed by atoms with Crippen LogP contribution < -0.4 is 15.0 Å². The van der Waals surface area contributed by atoms with Crippen LogP contribution in [-0.2, 0) is 44.7 Å². The van der Waals surface area contributed by atoms with Gasteiger partial charge in [-0.15, -0.1) is 10.2 Å². The quantitative estimate of drug-likeness (QED) is 0.0697. The van der Waals surface area contributed by atoms with Gasteiger partial charge in [-0.05, 0) is 78.5 Å². The maximum absolute atomic E-state index is 12.8. The molecule has 298 valence electrons. The van der Waals surface area contributed by atoms with Crippen LogP contribution >= 0.6 is 11.6 Å². The smallest absolute Gasteiger partial charge is 0.397 e. The molecule has 1 aromatic heterocycles. The van der Waals surface area contributed by atoms with E-state index in [1.165, 1.54) is 54.5 Å². The second kappa shape index (κ2) is 16.2. The molecule has 0 bridgehead atoms. The van der Waals surface area contributed by atoms with Crippen LogP contribution in [0.3, 0.4) is 0 Å². The molecule has 5 rings (SSSR count). The summed E-state index contributed by atoms with van der Waals surface area (Å²) in [7, 11) is -17.7. The highest BCUT2D eigenvalue weighted by Gasteiger charge is 2.24. The number of nitrogens with zero attached hydrogens (tertiary/aromatic N) is 6. The Morgan fingerprint density at radius 2 is 1.55 bits per heavy atom. The standard InChI is InChI=1S/C30H28ClN7O14S4/c1-3-38(19-5-4-6-21(15-19)53(40,41)12-11-52-56(48,49)50)30-34-28(31)33-29(35-30)32-18-7-9-22-17(13-18)14-25(55(45,46)47)26(27(22)39)37-36-23-10-8-20(51-2)16-24(23)54(42,43)44/h4-10,13-16,39H,3,11-12H2,1-2H3,(H,42,43,44)(H,45,46,47)(H,48,49,50)(H,32,33,34,35)/b37-36+. The molecule has 0 spiro atoms. The van der Waals surface area contributed by atoms with Gasteiger partial charge in [0.15, 0.2) is 15.6 Å². The van der Waals surface area contributed by atoms with E-state index in [0.29, 0.717) is 0 Å². The van der Waals surface area contributed by atoms with Gasteiger partial charge in [-0.25, -0.2) is 12.6 Å². The first-order chi connectivity index (χ1) is 26.1. The first-order valence-electron chi connectivity index (χ1n) is 15.3. The Morgan fingerprint density at radius 1 is 0.839 bits per heavy atom. The van der Waals surface area contributed by atoms with Crippen molar-refractivity contribution in [3.8, 4) is 11.5 Å². The number of methoxy groups -OCH3 is 1. The molecule has 5 N–H and O–H groups in total. The number of hydrogen-bond donors (Lipinski definition) is 5. The number of phenols is 1. The van der Waals surface area contributed by atoms with Crippen molar-refractivity contribution in [1.29, 1.82) is 0 Å². The lowest BCUT2D eigenvalue weighted by molar-refractivity contribution is 0.284. The van der Waals surface area contributed by atoms with E-state index < -0.39 is 79.7 Å². The van der Waals surface area contributed by atoms with Gasteiger partial charge in [-0.2, -0.15) is 40.2 Å². The topological polar surface area (TPSA) is 315 Å². The van der Waals surface area contributed by atoms with Gasteiger partial charge in [0.2, 0.25) is 17.2 Å². The number of benzene rings is 4. The Hall–Kier alpha value is -5.12. The van der Waals surface area contributed by atoms with Gasteiger partial charge >= 0.3 is 10.4 Å². The fourth-order valence-electron chi connectivity index (χ4n) is 5.03. The maximum Gasteiger partial charge on any atom is 0.397 e. The van der Waals surface area contributed by atoms with Crippen LogP contribution in [-0.4, -0.2) is 93.4 Å². The van der Waals surface area contributed by atoms with Crippen molar-refractivity contribution in [3.63, 3.8) is 0 Å². The molecule has 0 aliphatic heterocycles. The van der Waals surface area contributed by atoms with Gasteiger partial charge in [0.25, 0.3) is 20.2 Å². The highest BCUT2D eigenvalue weighted by atomic mass is 35.5. The second-order valence-corrected chi connectivity index (χ2v) is 17.5. The number of fused-ring (bicyclic) bond motifs is 1. The summed E-state index contributed by atoms with van der Waals surface area (Å²) in [6.45, 7) is 1.05. The third kappa shape index (κ3) is 10.00. The Labute approximate surface area is 324 Å². The van der Waals surface area contributed by atoms with Crippen molar-refractivity contribution >= 4 is 97.5 Å². The average Bonchev–Trinajstić information content (AvgIpc) is 3.10. The van der Waals surface area contributed by atoms with E-state index in [-0.39, 0.29) is 56.5 Å². The number of rotatable bonds is 15. The molecule has 21 nitrogen and oxygen atoms in total. The molecule has 0 saturated heterocycles. The fourth-order valence-corrected chi connectivity index (χ4v) is 8.01. The molecule has 0 fully saturated rings. The van der Waals surface area contributed by atoms with Gasteiger partial charge in [-0.3, -0.25) is 13.7 Å². The molecule has 1 heterocycles. The van der Waals surface area contributed by atoms with Crippen molar-refractivity contribution in [2.75, 3.05) is 36.2 Å². The number of nitrogens with one attached hydrogen (secondary N) is 1. The van der Waals surface area contributed by atoms with E-state index in [2.05, 4.69) is 34.7 Å². The summed E-state index contributed by atoms with van der Waals surface area (Å²) in [5.41, 5.74) is -0.715. The molecular formula is C30H28ClN7O14S4. The molecule has 26 heteroatoms. The van der Waals surface area contributed by atoms with Crippen molar-refractivity contribution in [2.24, 2.45) is 10.2 Å². The van der Waals surface area contributed by atoms with E-state index in [0.717, 1.165) is 18.2 Å². The summed E-state index contributed by atoms with van der Waals surface area (Å²) in [4.78, 5) is 12.2. The number of hydrogen-bond acceptors (Lipinski definition) is 18. The monoisotopic (exact) mass is 873 g/mol. The minimum absolute atomic E-state index is 0.00698. The zero-order chi connectivity index (χ0) is 41.2. The molecule has 0 aliphatic carbocycles. The zero-order valence-corrected chi connectivity index (χ0v) is 32.6. The third-order valence-electron chi connectivity index (χ3n) is 7.51. The van der Waals surface area contributed by atoms with E-state index in [9.17, 15) is 47.9 Å². The fraction of sp³-hybridized carbons (Fsp3) is 0.167. The number of aromatic nitrogens is 3. The highest BCUT2D eigenvalue weighted by molar-refractivity contribution is 7.91. The molecule has 0 aliphatic rings. The van der Waals surface area contributed by atoms with Gasteiger partial charge < -0.3 is 20.1 Å². The summed E-state index contributed by atoms with van der Waals surface area (Å²) >= 11 is 6.22. The summed E-state index contributed by atoms with van der Waals surface area (Å²) < 4.78 is 134. The first kappa shape index (κ1) is 42.0. The summed E-state index contributed by atoms with van der Waals surface area (Å²) in [6.07, 6.45) is 0. The van der Waals surface area contributed by atoms with Crippen molar-refractivity contribution < 1.29 is 61.4 Å². The van der Waals surface area contributed by atoms with Crippen molar-refractivity contribution in [3.05, 3.63) is 72.0 Å². The summed E-state index contributed by atoms with van der Waals surface area (Å²) in [5.74, 6) is -1.68. The maximum atomic E-state index is 12.8. The van der Waals surface area contributed by atoms with E-state index >= 15 is 0 Å². The number of anilines is 4. The summed E-state index contributed by atoms with van der Waals surface area (Å²) in [5, 5.41) is 21.1. The average molecular weight is 874 g/mol. The molecule has 0 atom stereocenters. The third-order valence-corrected chi connectivity index (χ3v) is 11.6. The lowest BCUT2D eigenvalue weighted by Crippen LogP contribution is -2.21. The SMILES string of the molecule is CCN(c1cccc(S(=O)(=O)CCOS(=O)(=O)O)c1)c1nc(Cl)nc(Nc2ccc3c(O)c(/N=N/c4ccc(OC)cc4S(=O)(=O)O)c(S(=O)(=O)O)cc3c2)n1. The number of ether oxygens (including phenoxy) is 1. The molecule has 0 radical (unpaired) electrons. The second-order valence-electron chi connectivity index (χ2n) is 11.2. The predicted molar refractivity (Wildman–Crippen MR) is 199 cm³/mol. The number of azo groups is 1. The minimum atomic E-state index is -5.10. The van der Waals surface area contributed by atoms with Crippen LogP contribution in [0.2, 0.25) is 5.28 Å². The van der Waals surface area contributed by atoms with Gasteiger partial charge in [0, 0.05) is 29.4 Å². The number of aromatic hydroxyl groups is 1. The van der Waals surface area contributed by atoms with Crippen LogP contribution in [0.1, 0.15) is 6.92 Å².